The first kappa shape index (κ1) is 29.2. The van der Waals surface area contributed by atoms with E-state index in [9.17, 15) is 9.59 Å². The smallest absolute Gasteiger partial charge is 0.480 e. The number of hydrogen-bond donors (Lipinski definition) is 3. The fourth-order valence-corrected chi connectivity index (χ4v) is 0.247. The molecule has 1 radical (unpaired) electrons. The summed E-state index contributed by atoms with van der Waals surface area (Å²) in [4.78, 5) is 19.6. The summed E-state index contributed by atoms with van der Waals surface area (Å²) in [6, 6.07) is -1.04. The summed E-state index contributed by atoms with van der Waals surface area (Å²) in [7, 11) is 0. The summed E-state index contributed by atoms with van der Waals surface area (Å²) in [5, 5.41) is 17.8. The van der Waals surface area contributed by atoms with E-state index >= 15 is 0 Å². The molecule has 0 aliphatic rings. The number of nitrogens with one attached hydrogen (secondary N) is 1. The Balaban J connectivity index is -0.0000000533. The van der Waals surface area contributed by atoms with E-state index in [1.807, 2.05) is 0 Å². The minimum Gasteiger partial charge on any atom is -0.480 e. The third-order valence-electron chi connectivity index (χ3n) is 0.710. The molecule has 0 aliphatic carbocycles. The molecule has 0 saturated carbocycles. The molecule has 0 unspecified atom stereocenters. The van der Waals surface area contributed by atoms with E-state index in [1.54, 1.807) is 5.32 Å². The van der Waals surface area contributed by atoms with Crippen LogP contribution in [-0.4, -0.2) is 28.3 Å². The minimum absolute atomic E-state index is 0. The summed E-state index contributed by atoms with van der Waals surface area (Å²) in [5.41, 5.74) is 0. The molecule has 1 atom stereocenters. The molecule has 0 rings (SSSR count). The van der Waals surface area contributed by atoms with Crippen LogP contribution in [0.1, 0.15) is 6.92 Å². The number of amides is 1. The number of carboxylic acids is 1. The SMILES string of the molecule is C[C@H](NC(=O)O)C(=O)O.[CH3-].[CH3-].[CH3-].[Ce+3]. The quantitative estimate of drug-likeness (QED) is 0.665. The van der Waals surface area contributed by atoms with Crippen molar-refractivity contribution >= 4 is 12.1 Å². The van der Waals surface area contributed by atoms with Gasteiger partial charge in [0.25, 0.3) is 0 Å². The molecule has 77 valence electrons. The standard InChI is InChI=1S/C4H7NO4.3CH3.Ce/c1-2(3(6)7)5-4(8)9;;;;/h2,5H,1H3,(H,6,7)(H,8,9);3*1H3;/q;3*-1;+3/t2-;;;;/m0..../s1. The number of aliphatic carboxylic acids is 1. The first-order valence-corrected chi connectivity index (χ1v) is 2.26. The van der Waals surface area contributed by atoms with E-state index in [4.69, 9.17) is 10.2 Å². The van der Waals surface area contributed by atoms with Crippen LogP contribution in [0.4, 0.5) is 4.79 Å². The van der Waals surface area contributed by atoms with Gasteiger partial charge in [-0.25, -0.2) is 4.79 Å². The van der Waals surface area contributed by atoms with Gasteiger partial charge in [-0.05, 0) is 6.92 Å². The molecule has 3 N–H and O–H groups in total. The maximum absolute atomic E-state index is 9.91. The average Bonchev–Trinajstić information content (AvgIpc) is 1.63. The van der Waals surface area contributed by atoms with Crippen molar-refractivity contribution in [3.8, 4) is 0 Å². The Kier molecular flexibility index (Phi) is 32.9. The van der Waals surface area contributed by atoms with Crippen molar-refractivity contribution in [1.82, 2.24) is 5.32 Å². The van der Waals surface area contributed by atoms with Crippen molar-refractivity contribution in [2.45, 2.75) is 13.0 Å². The molecular weight excluding hydrogens is 302 g/mol. The molecule has 0 aromatic carbocycles. The van der Waals surface area contributed by atoms with Gasteiger partial charge in [-0.2, -0.15) is 0 Å². The van der Waals surface area contributed by atoms with Gasteiger partial charge in [0.1, 0.15) is 6.04 Å². The zero-order valence-electron chi connectivity index (χ0n) is 8.29. The van der Waals surface area contributed by atoms with Gasteiger partial charge in [0, 0.05) is 0 Å². The van der Waals surface area contributed by atoms with Gasteiger partial charge < -0.3 is 37.8 Å². The Morgan fingerprint density at radius 1 is 1.15 bits per heavy atom. The molecule has 6 heteroatoms. The predicted molar refractivity (Wildman–Crippen MR) is 47.5 cm³/mol. The Morgan fingerprint density at radius 2 is 1.46 bits per heavy atom. The monoisotopic (exact) mass is 318 g/mol. The van der Waals surface area contributed by atoms with E-state index < -0.39 is 18.1 Å². The molecule has 0 fully saturated rings. The normalized spacial score (nSPS) is 8.38. The van der Waals surface area contributed by atoms with E-state index in [1.165, 1.54) is 6.92 Å². The van der Waals surface area contributed by atoms with Gasteiger partial charge >= 0.3 is 53.8 Å². The molecular formula is C7H16CeNO4. The van der Waals surface area contributed by atoms with Crippen LogP contribution in [0, 0.1) is 64.0 Å². The van der Waals surface area contributed by atoms with E-state index in [0.717, 1.165) is 0 Å². The Morgan fingerprint density at radius 3 is 1.54 bits per heavy atom. The summed E-state index contributed by atoms with van der Waals surface area (Å²) in [6.07, 6.45) is -1.33. The second kappa shape index (κ2) is 14.6. The predicted octanol–water partition coefficient (Wildman–Crippen LogP) is 1.08. The number of carboxylic acid groups (broad SMARTS) is 2. The maximum Gasteiger partial charge on any atom is 3.00 e. The van der Waals surface area contributed by atoms with E-state index in [0.29, 0.717) is 0 Å². The number of carbonyl (C=O) groups is 2. The first-order chi connectivity index (χ1) is 4.04. The van der Waals surface area contributed by atoms with Gasteiger partial charge in [0.2, 0.25) is 0 Å². The van der Waals surface area contributed by atoms with Crippen molar-refractivity contribution in [3.63, 3.8) is 0 Å². The summed E-state index contributed by atoms with van der Waals surface area (Å²) >= 11 is 0. The molecule has 0 spiro atoms. The fraction of sp³-hybridized carbons (Fsp3) is 0.286. The second-order valence-electron chi connectivity index (χ2n) is 1.51. The zero-order valence-corrected chi connectivity index (χ0v) is 11.4. The number of rotatable bonds is 2. The molecule has 13 heavy (non-hydrogen) atoms. The molecule has 0 bridgehead atoms. The Bertz CT molecular complexity index is 140. The van der Waals surface area contributed by atoms with Gasteiger partial charge in [0.15, 0.2) is 0 Å². The zero-order chi connectivity index (χ0) is 7.44. The molecule has 0 aromatic heterocycles. The third kappa shape index (κ3) is 18.8. The molecule has 0 saturated heterocycles. The van der Waals surface area contributed by atoms with E-state index in [-0.39, 0.29) is 64.0 Å². The van der Waals surface area contributed by atoms with Crippen molar-refractivity contribution in [2.24, 2.45) is 0 Å². The van der Waals surface area contributed by atoms with Crippen LogP contribution in [-0.2, 0) is 4.79 Å². The molecule has 0 aliphatic heterocycles. The van der Waals surface area contributed by atoms with Crippen molar-refractivity contribution in [2.75, 3.05) is 0 Å². The van der Waals surface area contributed by atoms with Crippen molar-refractivity contribution in [1.29, 1.82) is 0 Å². The molecule has 0 aromatic rings. The second-order valence-corrected chi connectivity index (χ2v) is 1.51. The summed E-state index contributed by atoms with van der Waals surface area (Å²) < 4.78 is 0. The molecule has 0 heterocycles. The van der Waals surface area contributed by atoms with Gasteiger partial charge in [-0.3, -0.25) is 4.79 Å². The third-order valence-corrected chi connectivity index (χ3v) is 0.710. The largest absolute Gasteiger partial charge is 3.00 e. The number of hydrogen-bond acceptors (Lipinski definition) is 2. The van der Waals surface area contributed by atoms with Crippen molar-refractivity contribution in [3.05, 3.63) is 22.3 Å². The van der Waals surface area contributed by atoms with Crippen LogP contribution in [0.15, 0.2) is 0 Å². The topological polar surface area (TPSA) is 86.6 Å². The molecule has 5 nitrogen and oxygen atoms in total. The fourth-order valence-electron chi connectivity index (χ4n) is 0.247. The van der Waals surface area contributed by atoms with Crippen LogP contribution in [0.5, 0.6) is 0 Å². The minimum atomic E-state index is -1.33. The first-order valence-electron chi connectivity index (χ1n) is 2.26. The summed E-state index contributed by atoms with van der Waals surface area (Å²) in [6.45, 7) is 1.25. The van der Waals surface area contributed by atoms with Crippen LogP contribution in [0.2, 0.25) is 0 Å². The van der Waals surface area contributed by atoms with Crippen molar-refractivity contribution < 1.29 is 61.5 Å². The van der Waals surface area contributed by atoms with Crippen LogP contribution in [0.3, 0.4) is 0 Å². The van der Waals surface area contributed by atoms with Crippen LogP contribution < -0.4 is 5.32 Å². The summed E-state index contributed by atoms with van der Waals surface area (Å²) in [5.74, 6) is -1.18. The Labute approximate surface area is 113 Å². The van der Waals surface area contributed by atoms with Crippen LogP contribution >= 0.6 is 0 Å². The van der Waals surface area contributed by atoms with Crippen LogP contribution in [0.25, 0.3) is 0 Å². The van der Waals surface area contributed by atoms with Gasteiger partial charge in [-0.1, -0.05) is 0 Å². The average molecular weight is 318 g/mol. The molecule has 1 amide bonds. The van der Waals surface area contributed by atoms with Gasteiger partial charge in [0.05, 0.1) is 0 Å². The van der Waals surface area contributed by atoms with E-state index in [2.05, 4.69) is 0 Å². The Hall–Kier alpha value is 0.117. The maximum atomic E-state index is 9.91. The van der Waals surface area contributed by atoms with Gasteiger partial charge in [-0.15, -0.1) is 0 Å².